The van der Waals surface area contributed by atoms with Gasteiger partial charge in [0.1, 0.15) is 5.75 Å². The predicted octanol–water partition coefficient (Wildman–Crippen LogP) is 4.64. The summed E-state index contributed by atoms with van der Waals surface area (Å²) in [5.74, 6) is 0.989. The molecule has 0 fully saturated rings. The van der Waals surface area contributed by atoms with Crippen LogP contribution in [0.1, 0.15) is 18.1 Å². The Labute approximate surface area is 164 Å². The fraction of sp³-hybridized carbons (Fsp3) is 0.130. The molecular weight excluding hydrogens is 354 g/mol. The Balaban J connectivity index is 1.66. The summed E-state index contributed by atoms with van der Waals surface area (Å²) in [4.78, 5) is 16.1. The normalized spacial score (nSPS) is 10.6. The summed E-state index contributed by atoms with van der Waals surface area (Å²) < 4.78 is 16.5. The molecule has 0 amide bonds. The van der Waals surface area contributed by atoms with Gasteiger partial charge in [-0.2, -0.15) is 0 Å². The Morgan fingerprint density at radius 2 is 1.64 bits per heavy atom. The van der Waals surface area contributed by atoms with Crippen LogP contribution in [0.4, 0.5) is 0 Å². The van der Waals surface area contributed by atoms with Crippen LogP contribution in [-0.4, -0.2) is 24.2 Å². The lowest BCUT2D eigenvalue weighted by molar-refractivity contribution is -0.136. The van der Waals surface area contributed by atoms with E-state index in [0.29, 0.717) is 23.9 Å². The maximum atomic E-state index is 12.1. The summed E-state index contributed by atoms with van der Waals surface area (Å²) >= 11 is 0. The van der Waals surface area contributed by atoms with Gasteiger partial charge < -0.3 is 14.2 Å². The number of ether oxygens (including phenoxy) is 3. The second kappa shape index (κ2) is 9.92. The minimum atomic E-state index is -0.495. The van der Waals surface area contributed by atoms with E-state index in [2.05, 4.69) is 4.98 Å². The van der Waals surface area contributed by atoms with Gasteiger partial charge in [0.05, 0.1) is 6.61 Å². The molecule has 0 unspecified atom stereocenters. The Morgan fingerprint density at radius 3 is 2.39 bits per heavy atom. The number of rotatable bonds is 8. The maximum Gasteiger partial charge on any atom is 0.349 e. The van der Waals surface area contributed by atoms with Gasteiger partial charge >= 0.3 is 5.97 Å². The van der Waals surface area contributed by atoms with E-state index in [1.54, 1.807) is 30.6 Å². The zero-order chi connectivity index (χ0) is 19.6. The first kappa shape index (κ1) is 19.2. The van der Waals surface area contributed by atoms with Crippen molar-refractivity contribution in [3.63, 3.8) is 0 Å². The molecule has 2 aromatic carbocycles. The molecule has 1 aromatic heterocycles. The molecular formula is C23H21NO4. The number of hydrogen-bond donors (Lipinski definition) is 0. The van der Waals surface area contributed by atoms with Gasteiger partial charge in [-0.15, -0.1) is 0 Å². The van der Waals surface area contributed by atoms with Gasteiger partial charge in [-0.05, 0) is 54.4 Å². The third kappa shape index (κ3) is 5.71. The molecule has 142 valence electrons. The molecule has 0 spiro atoms. The van der Waals surface area contributed by atoms with Crippen molar-refractivity contribution >= 4 is 18.1 Å². The average molecular weight is 375 g/mol. The van der Waals surface area contributed by atoms with E-state index >= 15 is 0 Å². The number of pyridine rings is 1. The van der Waals surface area contributed by atoms with Crippen LogP contribution >= 0.6 is 0 Å². The largest absolute Gasteiger partial charge is 0.490 e. The molecule has 28 heavy (non-hydrogen) atoms. The summed E-state index contributed by atoms with van der Waals surface area (Å²) in [6, 6.07) is 18.4. The summed E-state index contributed by atoms with van der Waals surface area (Å²) in [5, 5.41) is 0. The van der Waals surface area contributed by atoms with Crippen LogP contribution in [0.5, 0.6) is 17.2 Å². The van der Waals surface area contributed by atoms with Crippen LogP contribution in [0.15, 0.2) is 73.1 Å². The SMILES string of the molecule is CCOc1cc(/C=C/c2ccncc2)ccc1OC(=O)COc1ccccc1. The highest BCUT2D eigenvalue weighted by molar-refractivity contribution is 5.76. The number of carbonyl (C=O) groups excluding carboxylic acids is 1. The highest BCUT2D eigenvalue weighted by Crippen LogP contribution is 2.29. The summed E-state index contributed by atoms with van der Waals surface area (Å²) in [6.45, 7) is 2.16. The molecule has 3 aromatic rings. The highest BCUT2D eigenvalue weighted by atomic mass is 16.6. The smallest absolute Gasteiger partial charge is 0.349 e. The standard InChI is InChI=1S/C23H21NO4/c1-2-26-22-16-19(9-8-18-12-14-24-15-13-18)10-11-21(22)28-23(25)17-27-20-6-4-3-5-7-20/h3-16H,2,17H2,1H3/b9-8+. The van der Waals surface area contributed by atoms with Crippen molar-refractivity contribution in [3.8, 4) is 17.2 Å². The predicted molar refractivity (Wildman–Crippen MR) is 108 cm³/mol. The average Bonchev–Trinajstić information content (AvgIpc) is 2.74. The first-order valence-corrected chi connectivity index (χ1v) is 8.98. The molecule has 5 nitrogen and oxygen atoms in total. The van der Waals surface area contributed by atoms with Crippen LogP contribution in [0, 0.1) is 0 Å². The van der Waals surface area contributed by atoms with Crippen molar-refractivity contribution in [2.45, 2.75) is 6.92 Å². The van der Waals surface area contributed by atoms with Crippen molar-refractivity contribution in [2.75, 3.05) is 13.2 Å². The Morgan fingerprint density at radius 1 is 0.893 bits per heavy atom. The second-order valence-electron chi connectivity index (χ2n) is 5.83. The number of hydrogen-bond acceptors (Lipinski definition) is 5. The number of carbonyl (C=O) groups is 1. The minimum absolute atomic E-state index is 0.181. The third-order valence-corrected chi connectivity index (χ3v) is 3.77. The number of benzene rings is 2. The van der Waals surface area contributed by atoms with Crippen molar-refractivity contribution in [1.29, 1.82) is 0 Å². The first-order valence-electron chi connectivity index (χ1n) is 8.98. The summed E-state index contributed by atoms with van der Waals surface area (Å²) in [6.07, 6.45) is 7.42. The van der Waals surface area contributed by atoms with Crippen LogP contribution in [0.3, 0.4) is 0 Å². The Hall–Kier alpha value is -3.60. The maximum absolute atomic E-state index is 12.1. The molecule has 0 saturated heterocycles. The molecule has 0 radical (unpaired) electrons. The number of nitrogens with zero attached hydrogens (tertiary/aromatic N) is 1. The molecule has 0 aliphatic heterocycles. The van der Waals surface area contributed by atoms with Gasteiger partial charge in [-0.25, -0.2) is 4.79 Å². The van der Waals surface area contributed by atoms with Gasteiger partial charge in [0.25, 0.3) is 0 Å². The first-order chi connectivity index (χ1) is 13.7. The van der Waals surface area contributed by atoms with E-state index < -0.39 is 5.97 Å². The molecule has 0 atom stereocenters. The van der Waals surface area contributed by atoms with Crippen LogP contribution in [-0.2, 0) is 4.79 Å². The van der Waals surface area contributed by atoms with Crippen molar-refractivity contribution in [2.24, 2.45) is 0 Å². The Kier molecular flexibility index (Phi) is 6.79. The van der Waals surface area contributed by atoms with Crippen molar-refractivity contribution in [3.05, 3.63) is 84.2 Å². The molecule has 0 saturated carbocycles. The van der Waals surface area contributed by atoms with Crippen molar-refractivity contribution in [1.82, 2.24) is 4.98 Å². The fourth-order valence-corrected chi connectivity index (χ4v) is 2.46. The number of para-hydroxylation sites is 1. The Bertz CT molecular complexity index is 924. The lowest BCUT2D eigenvalue weighted by Gasteiger charge is -2.12. The third-order valence-electron chi connectivity index (χ3n) is 3.77. The second-order valence-corrected chi connectivity index (χ2v) is 5.83. The summed E-state index contributed by atoms with van der Waals surface area (Å²) in [5.41, 5.74) is 1.97. The molecule has 3 rings (SSSR count). The van der Waals surface area contributed by atoms with Crippen LogP contribution in [0.25, 0.3) is 12.2 Å². The van der Waals surface area contributed by atoms with Gasteiger partial charge in [0, 0.05) is 12.4 Å². The van der Waals surface area contributed by atoms with E-state index in [1.165, 1.54) is 0 Å². The highest BCUT2D eigenvalue weighted by Gasteiger charge is 2.12. The fourth-order valence-electron chi connectivity index (χ4n) is 2.46. The number of aromatic nitrogens is 1. The molecule has 0 aliphatic rings. The van der Waals surface area contributed by atoms with Gasteiger partial charge in [0.2, 0.25) is 0 Å². The van der Waals surface area contributed by atoms with E-state index in [4.69, 9.17) is 14.2 Å². The van der Waals surface area contributed by atoms with Crippen molar-refractivity contribution < 1.29 is 19.0 Å². The minimum Gasteiger partial charge on any atom is -0.490 e. The van der Waals surface area contributed by atoms with Crippen LogP contribution in [0.2, 0.25) is 0 Å². The lowest BCUT2D eigenvalue weighted by atomic mass is 10.1. The molecule has 1 heterocycles. The lowest BCUT2D eigenvalue weighted by Crippen LogP contribution is -2.18. The monoisotopic (exact) mass is 375 g/mol. The van der Waals surface area contributed by atoms with Gasteiger partial charge in [-0.1, -0.05) is 36.4 Å². The topological polar surface area (TPSA) is 57.7 Å². The van der Waals surface area contributed by atoms with E-state index in [1.807, 2.05) is 61.5 Å². The van der Waals surface area contributed by atoms with Crippen LogP contribution < -0.4 is 14.2 Å². The van der Waals surface area contributed by atoms with Gasteiger partial charge in [-0.3, -0.25) is 4.98 Å². The summed E-state index contributed by atoms with van der Waals surface area (Å²) in [7, 11) is 0. The molecule has 0 N–H and O–H groups in total. The van der Waals surface area contributed by atoms with E-state index in [-0.39, 0.29) is 6.61 Å². The molecule has 0 aliphatic carbocycles. The number of esters is 1. The van der Waals surface area contributed by atoms with E-state index in [9.17, 15) is 4.79 Å². The zero-order valence-electron chi connectivity index (χ0n) is 15.6. The zero-order valence-corrected chi connectivity index (χ0v) is 15.6. The quantitative estimate of drug-likeness (QED) is 0.424. The molecule has 5 heteroatoms. The van der Waals surface area contributed by atoms with Gasteiger partial charge in [0.15, 0.2) is 18.1 Å². The molecule has 0 bridgehead atoms. The van der Waals surface area contributed by atoms with E-state index in [0.717, 1.165) is 11.1 Å².